The number of nitrogens with one attached hydrogen (secondary N) is 2. The number of hydrogen-bond donors (Lipinski definition) is 2. The molecule has 0 radical (unpaired) electrons. The number of carbonyl (C=O) groups is 1. The van der Waals surface area contributed by atoms with Crippen molar-refractivity contribution in [2.45, 2.75) is 31.7 Å². The first-order valence-corrected chi connectivity index (χ1v) is 7.87. The minimum atomic E-state index is 0. The fraction of sp³-hybridized carbons (Fsp3) is 0.667. The summed E-state index contributed by atoms with van der Waals surface area (Å²) in [5.74, 6) is 1.23. The summed E-state index contributed by atoms with van der Waals surface area (Å²) in [5, 5.41) is 14.5. The molecule has 2 N–H and O–H groups in total. The number of aromatic nitrogens is 2. The van der Waals surface area contributed by atoms with Crippen molar-refractivity contribution < 1.29 is 4.79 Å². The SMILES string of the molecule is Cl.Cl.O=C(NCC1CCCN1c1cccnn1)C1CCCNC1. The predicted octanol–water partition coefficient (Wildman–Crippen LogP) is 1.40. The number of rotatable bonds is 4. The Balaban J connectivity index is 0.00000132. The van der Waals surface area contributed by atoms with Crippen LogP contribution in [0.25, 0.3) is 0 Å². The lowest BCUT2D eigenvalue weighted by atomic mass is 9.99. The number of amides is 1. The van der Waals surface area contributed by atoms with E-state index in [1.165, 1.54) is 0 Å². The van der Waals surface area contributed by atoms with Crippen LogP contribution in [0.5, 0.6) is 0 Å². The van der Waals surface area contributed by atoms with Crippen molar-refractivity contribution in [1.29, 1.82) is 0 Å². The van der Waals surface area contributed by atoms with Crippen LogP contribution in [0.15, 0.2) is 18.3 Å². The second kappa shape index (κ2) is 9.90. The first-order chi connectivity index (χ1) is 10.3. The van der Waals surface area contributed by atoms with Gasteiger partial charge in [0.1, 0.15) is 0 Å². The lowest BCUT2D eigenvalue weighted by molar-refractivity contribution is -0.125. The third-order valence-corrected chi connectivity index (χ3v) is 4.41. The Kier molecular flexibility index (Phi) is 8.58. The molecule has 2 aliphatic heterocycles. The van der Waals surface area contributed by atoms with Crippen LogP contribution in [0.4, 0.5) is 5.82 Å². The van der Waals surface area contributed by atoms with Gasteiger partial charge in [-0.25, -0.2) is 0 Å². The molecule has 2 atom stereocenters. The Morgan fingerprint density at radius 2 is 2.22 bits per heavy atom. The molecule has 2 fully saturated rings. The van der Waals surface area contributed by atoms with E-state index in [0.29, 0.717) is 12.6 Å². The third-order valence-electron chi connectivity index (χ3n) is 4.41. The largest absolute Gasteiger partial charge is 0.354 e. The molecule has 0 aromatic carbocycles. The molecule has 0 spiro atoms. The van der Waals surface area contributed by atoms with Crippen LogP contribution in [0.1, 0.15) is 25.7 Å². The van der Waals surface area contributed by atoms with Gasteiger partial charge in [0, 0.05) is 31.9 Å². The van der Waals surface area contributed by atoms with E-state index in [9.17, 15) is 4.79 Å². The molecule has 0 saturated carbocycles. The molecule has 0 aliphatic carbocycles. The fourth-order valence-corrected chi connectivity index (χ4v) is 3.23. The van der Waals surface area contributed by atoms with Crippen LogP contribution in [-0.4, -0.2) is 48.3 Å². The van der Waals surface area contributed by atoms with E-state index < -0.39 is 0 Å². The zero-order valence-electron chi connectivity index (χ0n) is 13.1. The molecular weight excluding hydrogens is 337 g/mol. The molecule has 130 valence electrons. The quantitative estimate of drug-likeness (QED) is 0.848. The topological polar surface area (TPSA) is 70.2 Å². The van der Waals surface area contributed by atoms with Crippen molar-refractivity contribution in [2.24, 2.45) is 5.92 Å². The maximum Gasteiger partial charge on any atom is 0.224 e. The van der Waals surface area contributed by atoms with E-state index in [1.807, 2.05) is 12.1 Å². The normalized spacial score (nSPS) is 23.6. The molecule has 1 aromatic rings. The van der Waals surface area contributed by atoms with Gasteiger partial charge in [-0.05, 0) is 44.4 Å². The molecule has 2 unspecified atom stereocenters. The van der Waals surface area contributed by atoms with Crippen molar-refractivity contribution in [1.82, 2.24) is 20.8 Å². The average Bonchev–Trinajstić information content (AvgIpc) is 3.03. The average molecular weight is 362 g/mol. The van der Waals surface area contributed by atoms with Gasteiger partial charge >= 0.3 is 0 Å². The van der Waals surface area contributed by atoms with E-state index in [0.717, 1.165) is 51.1 Å². The Morgan fingerprint density at radius 1 is 1.35 bits per heavy atom. The lowest BCUT2D eigenvalue weighted by Gasteiger charge is -2.27. The van der Waals surface area contributed by atoms with Crippen LogP contribution in [-0.2, 0) is 4.79 Å². The predicted molar refractivity (Wildman–Crippen MR) is 95.5 cm³/mol. The highest BCUT2D eigenvalue weighted by Crippen LogP contribution is 2.22. The van der Waals surface area contributed by atoms with Crippen molar-refractivity contribution in [3.63, 3.8) is 0 Å². The van der Waals surface area contributed by atoms with Gasteiger partial charge in [-0.1, -0.05) is 0 Å². The van der Waals surface area contributed by atoms with Gasteiger partial charge < -0.3 is 15.5 Å². The molecule has 1 aromatic heterocycles. The van der Waals surface area contributed by atoms with Crippen molar-refractivity contribution in [3.8, 4) is 0 Å². The molecule has 2 saturated heterocycles. The monoisotopic (exact) mass is 361 g/mol. The summed E-state index contributed by atoms with van der Waals surface area (Å²) >= 11 is 0. The Hall–Kier alpha value is -1.11. The minimum Gasteiger partial charge on any atom is -0.354 e. The second-order valence-electron chi connectivity index (χ2n) is 5.86. The zero-order chi connectivity index (χ0) is 14.5. The Morgan fingerprint density at radius 3 is 2.91 bits per heavy atom. The third kappa shape index (κ3) is 5.19. The molecule has 3 heterocycles. The van der Waals surface area contributed by atoms with Crippen LogP contribution in [0.3, 0.4) is 0 Å². The number of carbonyl (C=O) groups excluding carboxylic acids is 1. The van der Waals surface area contributed by atoms with Gasteiger partial charge in [-0.2, -0.15) is 5.10 Å². The molecule has 2 aliphatic rings. The van der Waals surface area contributed by atoms with Gasteiger partial charge in [0.05, 0.1) is 5.92 Å². The fourth-order valence-electron chi connectivity index (χ4n) is 3.23. The van der Waals surface area contributed by atoms with E-state index in [-0.39, 0.29) is 36.6 Å². The summed E-state index contributed by atoms with van der Waals surface area (Å²) in [4.78, 5) is 14.5. The highest BCUT2D eigenvalue weighted by molar-refractivity contribution is 5.85. The van der Waals surface area contributed by atoms with E-state index in [4.69, 9.17) is 0 Å². The van der Waals surface area contributed by atoms with Crippen molar-refractivity contribution >= 4 is 36.5 Å². The number of piperidine rings is 1. The van der Waals surface area contributed by atoms with Gasteiger partial charge in [0.25, 0.3) is 0 Å². The van der Waals surface area contributed by atoms with Gasteiger partial charge in [-0.15, -0.1) is 29.9 Å². The van der Waals surface area contributed by atoms with Gasteiger partial charge in [-0.3, -0.25) is 4.79 Å². The van der Waals surface area contributed by atoms with Crippen LogP contribution >= 0.6 is 24.8 Å². The molecule has 1 amide bonds. The number of nitrogens with zero attached hydrogens (tertiary/aromatic N) is 3. The Bertz CT molecular complexity index is 470. The summed E-state index contributed by atoms with van der Waals surface area (Å²) in [7, 11) is 0. The maximum atomic E-state index is 12.2. The first kappa shape index (κ1) is 19.9. The molecule has 8 heteroatoms. The van der Waals surface area contributed by atoms with Crippen LogP contribution in [0.2, 0.25) is 0 Å². The molecular formula is C15H25Cl2N5O. The number of halogens is 2. The number of anilines is 1. The second-order valence-corrected chi connectivity index (χ2v) is 5.86. The first-order valence-electron chi connectivity index (χ1n) is 7.87. The van der Waals surface area contributed by atoms with Crippen LogP contribution < -0.4 is 15.5 Å². The van der Waals surface area contributed by atoms with Crippen molar-refractivity contribution in [2.75, 3.05) is 31.1 Å². The molecule has 0 bridgehead atoms. The van der Waals surface area contributed by atoms with Gasteiger partial charge in [0.2, 0.25) is 5.91 Å². The van der Waals surface area contributed by atoms with E-state index in [2.05, 4.69) is 25.7 Å². The summed E-state index contributed by atoms with van der Waals surface area (Å²) in [6, 6.07) is 4.23. The Labute approximate surface area is 149 Å². The zero-order valence-corrected chi connectivity index (χ0v) is 14.7. The summed E-state index contributed by atoms with van der Waals surface area (Å²) in [6.45, 7) is 3.54. The molecule has 6 nitrogen and oxygen atoms in total. The van der Waals surface area contributed by atoms with Gasteiger partial charge in [0.15, 0.2) is 5.82 Å². The maximum absolute atomic E-state index is 12.2. The summed E-state index contributed by atoms with van der Waals surface area (Å²) in [5.41, 5.74) is 0. The highest BCUT2D eigenvalue weighted by atomic mass is 35.5. The molecule has 23 heavy (non-hydrogen) atoms. The molecule has 3 rings (SSSR count). The van der Waals surface area contributed by atoms with Crippen molar-refractivity contribution in [3.05, 3.63) is 18.3 Å². The minimum absolute atomic E-state index is 0. The van der Waals surface area contributed by atoms with Crippen LogP contribution in [0, 0.1) is 5.92 Å². The van der Waals surface area contributed by atoms with E-state index >= 15 is 0 Å². The smallest absolute Gasteiger partial charge is 0.224 e. The summed E-state index contributed by atoms with van der Waals surface area (Å²) < 4.78 is 0. The number of hydrogen-bond acceptors (Lipinski definition) is 5. The summed E-state index contributed by atoms with van der Waals surface area (Å²) in [6.07, 6.45) is 6.01. The highest BCUT2D eigenvalue weighted by Gasteiger charge is 2.27. The lowest BCUT2D eigenvalue weighted by Crippen LogP contribution is -2.45. The van der Waals surface area contributed by atoms with E-state index in [1.54, 1.807) is 6.20 Å². The standard InChI is InChI=1S/C15H23N5O.2ClH/c21-15(12-4-1-7-16-10-12)17-11-13-5-3-9-20(13)14-6-2-8-18-19-14;;/h2,6,8,12-13,16H,1,3-5,7,9-11H2,(H,17,21);2*1H.